The molecule has 7 nitrogen and oxygen atoms in total. The van der Waals surface area contributed by atoms with Gasteiger partial charge in [-0.25, -0.2) is 0 Å². The van der Waals surface area contributed by atoms with Gasteiger partial charge in [0.25, 0.3) is 10.1 Å². The summed E-state index contributed by atoms with van der Waals surface area (Å²) >= 11 is 0. The van der Waals surface area contributed by atoms with Gasteiger partial charge in [-0.15, -0.1) is 7.92 Å². The van der Waals surface area contributed by atoms with Gasteiger partial charge in [0.15, 0.2) is 5.25 Å². The monoisotopic (exact) mass is 592 g/mol. The molecule has 0 aliphatic carbocycles. The molecule has 1 atom stereocenters. The van der Waals surface area contributed by atoms with Gasteiger partial charge < -0.3 is 11.6 Å². The van der Waals surface area contributed by atoms with Crippen molar-refractivity contribution in [1.29, 1.82) is 0 Å². The van der Waals surface area contributed by atoms with E-state index in [-0.39, 0.29) is 31.0 Å². The number of rotatable bonds is 25. The molecule has 0 bridgehead atoms. The van der Waals surface area contributed by atoms with Crippen LogP contribution in [0.25, 0.3) is 0 Å². The minimum Gasteiger partial charge on any atom is -1.00 e. The number of aliphatic carboxylic acids is 2. The van der Waals surface area contributed by atoms with E-state index >= 15 is 0 Å². The maximum absolute atomic E-state index is 10.2. The Morgan fingerprint density at radius 3 is 1.13 bits per heavy atom. The summed E-state index contributed by atoms with van der Waals surface area (Å²) in [6, 6.07) is 0. The standard InChI is InChI=1S/C24H51P.C4H6O7S.Na.H/c1-4-7-10-13-16-19-22-25(23-20-17-14-11-8-5-2)24-21-18-15-12-9-6-3;5-3(6)1-2(4(7)8)12(9,10)11;;/h4-24H2,1-3H3;2H,1H2,(H,5,6)(H,7,8)(H,9,10,11);;/q;;+1;-1. The van der Waals surface area contributed by atoms with Crippen LogP contribution >= 0.6 is 7.92 Å². The third-order valence-electron chi connectivity index (χ3n) is 6.48. The Hall–Kier alpha value is 0.280. The van der Waals surface area contributed by atoms with Crippen LogP contribution in [-0.4, -0.2) is 58.9 Å². The van der Waals surface area contributed by atoms with Gasteiger partial charge in [0.2, 0.25) is 0 Å². The molecule has 0 spiro atoms. The summed E-state index contributed by atoms with van der Waals surface area (Å²) in [6.07, 6.45) is 30.1. The van der Waals surface area contributed by atoms with Gasteiger partial charge in [0.1, 0.15) is 0 Å². The molecule has 10 heteroatoms. The molecule has 0 saturated carbocycles. The molecule has 0 heterocycles. The zero-order chi connectivity index (χ0) is 28.4. The van der Waals surface area contributed by atoms with Crippen LogP contribution in [0, 0.1) is 0 Å². The van der Waals surface area contributed by atoms with Gasteiger partial charge in [-0.1, -0.05) is 117 Å². The molecule has 0 saturated heterocycles. The van der Waals surface area contributed by atoms with Crippen molar-refractivity contribution in [1.82, 2.24) is 0 Å². The molecule has 1 unspecified atom stereocenters. The van der Waals surface area contributed by atoms with Gasteiger partial charge >= 0.3 is 41.5 Å². The summed E-state index contributed by atoms with van der Waals surface area (Å²) in [6.45, 7) is 6.96. The van der Waals surface area contributed by atoms with Crippen molar-refractivity contribution in [2.24, 2.45) is 0 Å². The van der Waals surface area contributed by atoms with E-state index in [1.165, 1.54) is 116 Å². The second-order valence-electron chi connectivity index (χ2n) is 10.1. The SMILES string of the molecule is CCCCCCCCP(CCCCCCCC)CCCCCCCC.O=C(O)CC(C(=O)O)S(=O)(=O)O.[H-].[Na+]. The molecule has 0 aromatic heterocycles. The van der Waals surface area contributed by atoms with Crippen molar-refractivity contribution in [3.8, 4) is 0 Å². The molecule has 224 valence electrons. The first kappa shape index (κ1) is 42.7. The summed E-state index contributed by atoms with van der Waals surface area (Å²) in [7, 11) is -4.47. The normalized spacial score (nSPS) is 11.9. The molecule has 0 aromatic rings. The number of carbonyl (C=O) groups is 2. The first-order valence-corrected chi connectivity index (χ1v) is 18.1. The molecule has 38 heavy (non-hydrogen) atoms. The Morgan fingerprint density at radius 1 is 0.632 bits per heavy atom. The van der Waals surface area contributed by atoms with Crippen LogP contribution in [0.2, 0.25) is 0 Å². The molecule has 0 rings (SSSR count). The Bertz CT molecular complexity index is 616. The quantitative estimate of drug-likeness (QED) is 0.0555. The predicted octanol–water partition coefficient (Wildman–Crippen LogP) is 5.47. The molecule has 3 N–H and O–H groups in total. The second-order valence-corrected chi connectivity index (χ2v) is 14.4. The summed E-state index contributed by atoms with van der Waals surface area (Å²) < 4.78 is 28.7. The molecule has 0 radical (unpaired) electrons. The molecular formula is C28H58NaO7PS. The third kappa shape index (κ3) is 30.8. The zero-order valence-electron chi connectivity index (χ0n) is 26.0. The summed E-state index contributed by atoms with van der Waals surface area (Å²) in [4.78, 5) is 20.0. The van der Waals surface area contributed by atoms with Crippen LogP contribution < -0.4 is 29.6 Å². The van der Waals surface area contributed by atoms with Crippen molar-refractivity contribution in [2.75, 3.05) is 18.5 Å². The Morgan fingerprint density at radius 2 is 0.921 bits per heavy atom. The van der Waals surface area contributed by atoms with Crippen molar-refractivity contribution in [3.05, 3.63) is 0 Å². The molecule has 0 aromatic carbocycles. The number of hydrogen-bond acceptors (Lipinski definition) is 4. The van der Waals surface area contributed by atoms with Crippen molar-refractivity contribution in [3.63, 3.8) is 0 Å². The van der Waals surface area contributed by atoms with Crippen LogP contribution in [0.15, 0.2) is 0 Å². The number of unbranched alkanes of at least 4 members (excludes halogenated alkanes) is 15. The van der Waals surface area contributed by atoms with Crippen LogP contribution in [0.1, 0.15) is 144 Å². The maximum Gasteiger partial charge on any atom is 1.00 e. The van der Waals surface area contributed by atoms with E-state index in [0.29, 0.717) is 7.92 Å². The largest absolute Gasteiger partial charge is 1.00 e. The van der Waals surface area contributed by atoms with E-state index in [4.69, 9.17) is 14.8 Å². The van der Waals surface area contributed by atoms with Crippen LogP contribution in [-0.2, 0) is 19.7 Å². The van der Waals surface area contributed by atoms with Gasteiger partial charge in [0, 0.05) is 0 Å². The van der Waals surface area contributed by atoms with E-state index in [1.54, 1.807) is 18.5 Å². The zero-order valence-corrected chi connectivity index (χ0v) is 28.7. The average Bonchev–Trinajstić information content (AvgIpc) is 2.83. The van der Waals surface area contributed by atoms with Gasteiger partial charge in [-0.3, -0.25) is 14.1 Å². The fourth-order valence-corrected chi connectivity index (χ4v) is 7.45. The Kier molecular flexibility index (Phi) is 34.0. The Labute approximate surface area is 259 Å². The fraction of sp³-hybridized carbons (Fsp3) is 0.929. The molecular weight excluding hydrogens is 534 g/mol. The molecule has 0 fully saturated rings. The number of carboxylic acids is 2. The van der Waals surface area contributed by atoms with Gasteiger partial charge in [0.05, 0.1) is 6.42 Å². The van der Waals surface area contributed by atoms with Crippen molar-refractivity contribution < 1.29 is 63.8 Å². The smallest absolute Gasteiger partial charge is 1.00 e. The molecule has 0 aliphatic heterocycles. The number of hydrogen-bond donors (Lipinski definition) is 3. The molecule has 0 aliphatic rings. The second kappa shape index (κ2) is 30.2. The number of carboxylic acid groups (broad SMARTS) is 2. The third-order valence-corrected chi connectivity index (χ3v) is 10.4. The first-order chi connectivity index (χ1) is 17.6. The fourth-order valence-electron chi connectivity index (χ4n) is 4.16. The maximum atomic E-state index is 10.2. The van der Waals surface area contributed by atoms with E-state index < -0.39 is 33.7 Å². The van der Waals surface area contributed by atoms with E-state index in [1.807, 2.05) is 0 Å². The molecule has 0 amide bonds. The Balaban J connectivity index is -0.000000371. The first-order valence-electron chi connectivity index (χ1n) is 14.7. The van der Waals surface area contributed by atoms with Crippen LogP contribution in [0.4, 0.5) is 0 Å². The summed E-state index contributed by atoms with van der Waals surface area (Å²) in [5, 5.41) is 13.9. The summed E-state index contributed by atoms with van der Waals surface area (Å²) in [5.41, 5.74) is 0. The minimum absolute atomic E-state index is 0. The predicted molar refractivity (Wildman–Crippen MR) is 158 cm³/mol. The summed E-state index contributed by atoms with van der Waals surface area (Å²) in [5.74, 6) is -3.50. The minimum atomic E-state index is -4.84. The van der Waals surface area contributed by atoms with E-state index in [2.05, 4.69) is 20.8 Å². The van der Waals surface area contributed by atoms with E-state index in [9.17, 15) is 18.0 Å². The van der Waals surface area contributed by atoms with Gasteiger partial charge in [-0.05, 0) is 37.7 Å². The van der Waals surface area contributed by atoms with Gasteiger partial charge in [-0.2, -0.15) is 8.42 Å². The van der Waals surface area contributed by atoms with Crippen molar-refractivity contribution in [2.45, 2.75) is 148 Å². The van der Waals surface area contributed by atoms with Crippen molar-refractivity contribution >= 4 is 30.0 Å². The average molecular weight is 593 g/mol. The van der Waals surface area contributed by atoms with Crippen LogP contribution in [0.3, 0.4) is 0 Å². The van der Waals surface area contributed by atoms with E-state index in [0.717, 1.165) is 0 Å². The van der Waals surface area contributed by atoms with Crippen LogP contribution in [0.5, 0.6) is 0 Å². The topological polar surface area (TPSA) is 129 Å².